The van der Waals surface area contributed by atoms with E-state index in [1.54, 1.807) is 0 Å². The van der Waals surface area contributed by atoms with Crippen molar-refractivity contribution in [2.75, 3.05) is 29.9 Å². The van der Waals surface area contributed by atoms with Gasteiger partial charge in [0, 0.05) is 25.7 Å². The number of nitrogens with one attached hydrogen (secondary N) is 1. The van der Waals surface area contributed by atoms with Crippen LogP contribution in [0.25, 0.3) is 0 Å². The predicted octanol–water partition coefficient (Wildman–Crippen LogP) is 3.42. The van der Waals surface area contributed by atoms with Crippen LogP contribution in [0.5, 0.6) is 0 Å². The average Bonchev–Trinajstić information content (AvgIpc) is 2.39. The summed E-state index contributed by atoms with van der Waals surface area (Å²) in [5, 5.41) is 2.90. The third-order valence-electron chi connectivity index (χ3n) is 3.54. The Hall–Kier alpha value is -1.39. The first-order valence-electron chi connectivity index (χ1n) is 6.96. The number of piperidine rings is 1. The minimum atomic E-state index is -0.625. The van der Waals surface area contributed by atoms with E-state index in [1.807, 2.05) is 11.8 Å². The van der Waals surface area contributed by atoms with E-state index < -0.39 is 11.6 Å². The third kappa shape index (κ3) is 3.33. The molecule has 0 unspecified atom stereocenters. The van der Waals surface area contributed by atoms with Crippen LogP contribution in [0.1, 0.15) is 33.1 Å². The van der Waals surface area contributed by atoms with Crippen LogP contribution >= 0.6 is 0 Å². The molecule has 1 N–H and O–H groups in total. The lowest BCUT2D eigenvalue weighted by Gasteiger charge is -2.31. The molecular weight excluding hydrogens is 248 g/mol. The SMILES string of the molecule is CCCNc1nc(N2CCC(C)CC2)c(F)cc1F. The quantitative estimate of drug-likeness (QED) is 0.907. The number of aromatic nitrogens is 1. The van der Waals surface area contributed by atoms with E-state index in [1.165, 1.54) is 0 Å². The van der Waals surface area contributed by atoms with Crippen molar-refractivity contribution in [2.24, 2.45) is 5.92 Å². The highest BCUT2D eigenvalue weighted by Gasteiger charge is 2.21. The minimum Gasteiger partial charge on any atom is -0.368 e. The zero-order chi connectivity index (χ0) is 13.8. The van der Waals surface area contributed by atoms with Crippen LogP contribution in [-0.4, -0.2) is 24.6 Å². The molecule has 0 atom stereocenters. The average molecular weight is 269 g/mol. The van der Waals surface area contributed by atoms with Crippen LogP contribution in [0.15, 0.2) is 6.07 Å². The first kappa shape index (κ1) is 14.0. The Kier molecular flexibility index (Phi) is 4.56. The van der Waals surface area contributed by atoms with Crippen LogP contribution in [0.2, 0.25) is 0 Å². The summed E-state index contributed by atoms with van der Waals surface area (Å²) in [7, 11) is 0. The Labute approximate surface area is 113 Å². The van der Waals surface area contributed by atoms with Gasteiger partial charge in [0.2, 0.25) is 0 Å². The van der Waals surface area contributed by atoms with Gasteiger partial charge in [-0.25, -0.2) is 13.8 Å². The topological polar surface area (TPSA) is 28.2 Å². The third-order valence-corrected chi connectivity index (χ3v) is 3.54. The van der Waals surface area contributed by atoms with E-state index in [-0.39, 0.29) is 11.6 Å². The Morgan fingerprint density at radius 2 is 2.00 bits per heavy atom. The van der Waals surface area contributed by atoms with Crippen LogP contribution in [-0.2, 0) is 0 Å². The Morgan fingerprint density at radius 1 is 1.32 bits per heavy atom. The fourth-order valence-corrected chi connectivity index (χ4v) is 2.27. The van der Waals surface area contributed by atoms with Gasteiger partial charge in [-0.1, -0.05) is 13.8 Å². The maximum absolute atomic E-state index is 13.9. The van der Waals surface area contributed by atoms with Gasteiger partial charge in [-0.2, -0.15) is 0 Å². The van der Waals surface area contributed by atoms with E-state index in [2.05, 4.69) is 17.2 Å². The first-order chi connectivity index (χ1) is 9.11. The van der Waals surface area contributed by atoms with Gasteiger partial charge in [0.1, 0.15) is 0 Å². The molecule has 1 aromatic rings. The molecule has 3 nitrogen and oxygen atoms in total. The van der Waals surface area contributed by atoms with Crippen molar-refractivity contribution in [2.45, 2.75) is 33.1 Å². The molecule has 1 aliphatic heterocycles. The Bertz CT molecular complexity index is 429. The minimum absolute atomic E-state index is 0.150. The number of nitrogens with zero attached hydrogens (tertiary/aromatic N) is 2. The molecule has 0 amide bonds. The van der Waals surface area contributed by atoms with Gasteiger partial charge >= 0.3 is 0 Å². The molecule has 1 aliphatic rings. The van der Waals surface area contributed by atoms with E-state index in [0.29, 0.717) is 12.5 Å². The first-order valence-corrected chi connectivity index (χ1v) is 6.96. The molecule has 19 heavy (non-hydrogen) atoms. The molecule has 106 valence electrons. The summed E-state index contributed by atoms with van der Waals surface area (Å²) in [4.78, 5) is 6.03. The lowest BCUT2D eigenvalue weighted by molar-refractivity contribution is 0.431. The molecule has 0 bridgehead atoms. The number of halogens is 2. The fraction of sp³-hybridized carbons (Fsp3) is 0.643. The molecule has 0 saturated carbocycles. The number of rotatable bonds is 4. The van der Waals surface area contributed by atoms with Crippen LogP contribution in [0.4, 0.5) is 20.4 Å². The van der Waals surface area contributed by atoms with Crippen molar-refractivity contribution in [3.8, 4) is 0 Å². The van der Waals surface area contributed by atoms with Crippen molar-refractivity contribution in [1.29, 1.82) is 0 Å². The molecule has 0 radical (unpaired) electrons. The molecule has 0 aliphatic carbocycles. The van der Waals surface area contributed by atoms with Gasteiger partial charge in [0.15, 0.2) is 23.3 Å². The molecule has 5 heteroatoms. The van der Waals surface area contributed by atoms with Crippen molar-refractivity contribution in [1.82, 2.24) is 4.98 Å². The summed E-state index contributed by atoms with van der Waals surface area (Å²) in [5.41, 5.74) is 0. The van der Waals surface area contributed by atoms with Gasteiger partial charge < -0.3 is 10.2 Å². The van der Waals surface area contributed by atoms with Crippen LogP contribution < -0.4 is 10.2 Å². The lowest BCUT2D eigenvalue weighted by Crippen LogP contribution is -2.34. The summed E-state index contributed by atoms with van der Waals surface area (Å²) in [6.45, 7) is 6.38. The van der Waals surface area contributed by atoms with E-state index >= 15 is 0 Å². The zero-order valence-electron chi connectivity index (χ0n) is 11.5. The van der Waals surface area contributed by atoms with Crippen molar-refractivity contribution in [3.05, 3.63) is 17.7 Å². The molecule has 1 aromatic heterocycles. The predicted molar refractivity (Wildman–Crippen MR) is 73.5 cm³/mol. The van der Waals surface area contributed by atoms with Crippen molar-refractivity contribution < 1.29 is 8.78 Å². The second-order valence-electron chi connectivity index (χ2n) is 5.22. The monoisotopic (exact) mass is 269 g/mol. The largest absolute Gasteiger partial charge is 0.368 e. The smallest absolute Gasteiger partial charge is 0.168 e. The normalized spacial score (nSPS) is 16.7. The Balaban J connectivity index is 2.19. The molecule has 1 fully saturated rings. The lowest BCUT2D eigenvalue weighted by atomic mass is 9.99. The number of hydrogen-bond acceptors (Lipinski definition) is 3. The highest BCUT2D eigenvalue weighted by atomic mass is 19.1. The molecule has 2 rings (SSSR count). The highest BCUT2D eigenvalue weighted by molar-refractivity contribution is 5.49. The summed E-state index contributed by atoms with van der Waals surface area (Å²) in [6, 6.07) is 0.929. The van der Waals surface area contributed by atoms with E-state index in [9.17, 15) is 8.78 Å². The second-order valence-corrected chi connectivity index (χ2v) is 5.22. The van der Waals surface area contributed by atoms with Gasteiger partial charge in [0.25, 0.3) is 0 Å². The van der Waals surface area contributed by atoms with Gasteiger partial charge in [-0.3, -0.25) is 0 Å². The second kappa shape index (κ2) is 6.17. The number of anilines is 2. The summed E-state index contributed by atoms with van der Waals surface area (Å²) >= 11 is 0. The van der Waals surface area contributed by atoms with Gasteiger partial charge in [-0.05, 0) is 25.2 Å². The van der Waals surface area contributed by atoms with Crippen molar-refractivity contribution in [3.63, 3.8) is 0 Å². The van der Waals surface area contributed by atoms with Crippen molar-refractivity contribution >= 4 is 11.6 Å². The summed E-state index contributed by atoms with van der Waals surface area (Å²) in [6.07, 6.45) is 2.92. The molecule has 0 aromatic carbocycles. The van der Waals surface area contributed by atoms with Crippen LogP contribution in [0, 0.1) is 17.6 Å². The standard InChI is InChI=1S/C14H21F2N3/c1-3-6-17-13-11(15)9-12(16)14(18-13)19-7-4-10(2)5-8-19/h9-10H,3-8H2,1-2H3,(H,17,18). The maximum Gasteiger partial charge on any atom is 0.168 e. The van der Waals surface area contributed by atoms with Gasteiger partial charge in [0.05, 0.1) is 0 Å². The van der Waals surface area contributed by atoms with E-state index in [4.69, 9.17) is 0 Å². The number of pyridine rings is 1. The molecule has 2 heterocycles. The maximum atomic E-state index is 13.9. The summed E-state index contributed by atoms with van der Waals surface area (Å²) < 4.78 is 27.5. The zero-order valence-corrected chi connectivity index (χ0v) is 11.5. The number of hydrogen-bond donors (Lipinski definition) is 1. The highest BCUT2D eigenvalue weighted by Crippen LogP contribution is 2.26. The van der Waals surface area contributed by atoms with E-state index in [0.717, 1.165) is 38.4 Å². The fourth-order valence-electron chi connectivity index (χ4n) is 2.27. The van der Waals surface area contributed by atoms with Crippen LogP contribution in [0.3, 0.4) is 0 Å². The van der Waals surface area contributed by atoms with Gasteiger partial charge in [-0.15, -0.1) is 0 Å². The Morgan fingerprint density at radius 3 is 2.63 bits per heavy atom. The molecule has 0 spiro atoms. The molecule has 1 saturated heterocycles. The molecular formula is C14H21F2N3. The summed E-state index contributed by atoms with van der Waals surface area (Å²) in [5.74, 6) is -0.115.